The molecule has 21 heavy (non-hydrogen) atoms. The molecule has 0 radical (unpaired) electrons. The lowest BCUT2D eigenvalue weighted by molar-refractivity contribution is -0.127. The van der Waals surface area contributed by atoms with Crippen LogP contribution in [0.5, 0.6) is 0 Å². The summed E-state index contributed by atoms with van der Waals surface area (Å²) in [7, 11) is 1.82. The van der Waals surface area contributed by atoms with Gasteiger partial charge in [0.1, 0.15) is 4.32 Å². The number of hydrogen-bond donors (Lipinski definition) is 0. The molecule has 1 amide bonds. The van der Waals surface area contributed by atoms with E-state index in [0.717, 1.165) is 27.4 Å². The first kappa shape index (κ1) is 18.5. The van der Waals surface area contributed by atoms with Crippen molar-refractivity contribution in [2.75, 3.05) is 25.9 Å². The molecule has 0 spiro atoms. The summed E-state index contributed by atoms with van der Waals surface area (Å²) in [6.45, 7) is 6.49. The van der Waals surface area contributed by atoms with E-state index in [2.05, 4.69) is 34.7 Å². The molecule has 6 heteroatoms. The summed E-state index contributed by atoms with van der Waals surface area (Å²) in [5.74, 6) is 0.473. The Kier molecular flexibility index (Phi) is 8.29. The normalized spacial score (nSPS) is 10.3. The number of benzene rings is 1. The third kappa shape index (κ3) is 5.96. The molecule has 0 aliphatic carbocycles. The van der Waals surface area contributed by atoms with Crippen LogP contribution < -0.4 is 0 Å². The van der Waals surface area contributed by atoms with Gasteiger partial charge >= 0.3 is 0 Å². The van der Waals surface area contributed by atoms with Crippen LogP contribution in [0.3, 0.4) is 0 Å². The van der Waals surface area contributed by atoms with E-state index in [9.17, 15) is 4.79 Å². The van der Waals surface area contributed by atoms with Crippen molar-refractivity contribution in [1.29, 1.82) is 0 Å². The molecule has 0 aliphatic heterocycles. The van der Waals surface area contributed by atoms with Gasteiger partial charge < -0.3 is 9.80 Å². The maximum atomic E-state index is 12.2. The summed E-state index contributed by atoms with van der Waals surface area (Å²) in [4.78, 5) is 16.0. The van der Waals surface area contributed by atoms with E-state index < -0.39 is 0 Å². The second-order valence-electron chi connectivity index (χ2n) is 4.57. The number of rotatable bonds is 6. The Balaban J connectivity index is 2.48. The van der Waals surface area contributed by atoms with Gasteiger partial charge in [-0.2, -0.15) is 0 Å². The summed E-state index contributed by atoms with van der Waals surface area (Å²) in [5, 5.41) is 0. The van der Waals surface area contributed by atoms with Crippen molar-refractivity contribution in [3.05, 3.63) is 34.3 Å². The third-order valence-corrected chi connectivity index (χ3v) is 5.41. The summed E-state index contributed by atoms with van der Waals surface area (Å²) in [5.41, 5.74) is 1.10. The number of halogens is 1. The van der Waals surface area contributed by atoms with Crippen LogP contribution in [0.1, 0.15) is 19.4 Å². The van der Waals surface area contributed by atoms with Gasteiger partial charge in [0.05, 0.1) is 5.75 Å². The van der Waals surface area contributed by atoms with Crippen LogP contribution in [-0.2, 0) is 11.3 Å². The van der Waals surface area contributed by atoms with Crippen LogP contribution in [0.4, 0.5) is 0 Å². The lowest BCUT2D eigenvalue weighted by atomic mass is 10.2. The third-order valence-electron chi connectivity index (χ3n) is 3.13. The van der Waals surface area contributed by atoms with Gasteiger partial charge in [-0.3, -0.25) is 4.79 Å². The standard InChI is InChI=1S/C15H21BrN2OS2/c1-4-18(5-2)15(20)21-11-14(19)17(3)10-12-8-6-7-9-13(12)16/h6-9H,4-5,10-11H2,1-3H3. The molecule has 1 aromatic carbocycles. The van der Waals surface area contributed by atoms with E-state index in [0.29, 0.717) is 12.3 Å². The molecule has 0 saturated heterocycles. The topological polar surface area (TPSA) is 23.6 Å². The fourth-order valence-corrected chi connectivity index (χ4v) is 3.53. The molecule has 0 heterocycles. The summed E-state index contributed by atoms with van der Waals surface area (Å²) in [6.07, 6.45) is 0. The maximum absolute atomic E-state index is 12.2. The van der Waals surface area contributed by atoms with Crippen LogP contribution in [0.2, 0.25) is 0 Å². The second kappa shape index (κ2) is 9.43. The highest BCUT2D eigenvalue weighted by Crippen LogP contribution is 2.18. The highest BCUT2D eigenvalue weighted by Gasteiger charge is 2.13. The van der Waals surface area contributed by atoms with E-state index in [1.165, 1.54) is 11.8 Å². The highest BCUT2D eigenvalue weighted by atomic mass is 79.9. The largest absolute Gasteiger partial charge is 0.358 e. The average molecular weight is 389 g/mol. The SMILES string of the molecule is CCN(CC)C(=S)SCC(=O)N(C)Cc1ccccc1Br. The molecule has 116 valence electrons. The van der Waals surface area contributed by atoms with Gasteiger partial charge in [-0.25, -0.2) is 0 Å². The first-order chi connectivity index (χ1) is 9.99. The second-order valence-corrected chi connectivity index (χ2v) is 7.03. The number of carbonyl (C=O) groups is 1. The van der Waals surface area contributed by atoms with Gasteiger partial charge in [-0.15, -0.1) is 0 Å². The van der Waals surface area contributed by atoms with Gasteiger partial charge in [0.15, 0.2) is 0 Å². The smallest absolute Gasteiger partial charge is 0.233 e. The lowest BCUT2D eigenvalue weighted by Crippen LogP contribution is -2.31. The Hall–Kier alpha value is -0.590. The minimum atomic E-state index is 0.0882. The van der Waals surface area contributed by atoms with E-state index >= 15 is 0 Å². The zero-order valence-corrected chi connectivity index (χ0v) is 15.9. The molecule has 0 aliphatic rings. The predicted molar refractivity (Wildman–Crippen MR) is 98.6 cm³/mol. The number of thiocarbonyl (C=S) groups is 1. The fourth-order valence-electron chi connectivity index (χ4n) is 1.78. The van der Waals surface area contributed by atoms with Gasteiger partial charge in [0, 0.05) is 31.2 Å². The molecule has 0 aromatic heterocycles. The Morgan fingerprint density at radius 2 is 1.90 bits per heavy atom. The molecule has 1 rings (SSSR count). The van der Waals surface area contributed by atoms with Crippen LogP contribution in [-0.4, -0.2) is 45.9 Å². The summed E-state index contributed by atoms with van der Waals surface area (Å²) >= 11 is 10.3. The van der Waals surface area contributed by atoms with Crippen LogP contribution in [0.25, 0.3) is 0 Å². The van der Waals surface area contributed by atoms with Crippen molar-refractivity contribution >= 4 is 50.1 Å². The Morgan fingerprint density at radius 3 is 2.48 bits per heavy atom. The predicted octanol–water partition coefficient (Wildman–Crippen LogP) is 3.77. The van der Waals surface area contributed by atoms with Gasteiger partial charge in [-0.1, -0.05) is 58.1 Å². The van der Waals surface area contributed by atoms with Gasteiger partial charge in [-0.05, 0) is 25.5 Å². The van der Waals surface area contributed by atoms with Crippen molar-refractivity contribution in [1.82, 2.24) is 9.80 Å². The van der Waals surface area contributed by atoms with E-state index in [-0.39, 0.29) is 5.91 Å². The first-order valence-corrected chi connectivity index (χ1v) is 9.07. The Bertz CT molecular complexity index is 492. The van der Waals surface area contributed by atoms with Crippen molar-refractivity contribution in [3.63, 3.8) is 0 Å². The number of thioether (sulfide) groups is 1. The molecular weight excluding hydrogens is 368 g/mol. The molecule has 3 nitrogen and oxygen atoms in total. The minimum Gasteiger partial charge on any atom is -0.358 e. The monoisotopic (exact) mass is 388 g/mol. The highest BCUT2D eigenvalue weighted by molar-refractivity contribution is 9.10. The van der Waals surface area contributed by atoms with E-state index in [1.54, 1.807) is 4.90 Å². The van der Waals surface area contributed by atoms with Crippen molar-refractivity contribution in [2.24, 2.45) is 0 Å². The number of amides is 1. The van der Waals surface area contributed by atoms with Gasteiger partial charge in [0.2, 0.25) is 5.91 Å². The molecule has 1 aromatic rings. The lowest BCUT2D eigenvalue weighted by Gasteiger charge is -2.22. The Labute approximate surface area is 145 Å². The molecule has 0 N–H and O–H groups in total. The average Bonchev–Trinajstić information content (AvgIpc) is 2.48. The van der Waals surface area contributed by atoms with Crippen LogP contribution in [0, 0.1) is 0 Å². The molecule has 0 unspecified atom stereocenters. The van der Waals surface area contributed by atoms with E-state index in [4.69, 9.17) is 12.2 Å². The number of nitrogens with zero attached hydrogens (tertiary/aromatic N) is 2. The Morgan fingerprint density at radius 1 is 1.29 bits per heavy atom. The molecule has 0 atom stereocenters. The van der Waals surface area contributed by atoms with Crippen molar-refractivity contribution in [2.45, 2.75) is 20.4 Å². The molecule has 0 saturated carbocycles. The van der Waals surface area contributed by atoms with Crippen LogP contribution in [0.15, 0.2) is 28.7 Å². The quantitative estimate of drug-likeness (QED) is 0.692. The van der Waals surface area contributed by atoms with Crippen LogP contribution >= 0.6 is 39.9 Å². The summed E-state index contributed by atoms with van der Waals surface area (Å²) < 4.78 is 1.82. The molecule has 0 fully saturated rings. The zero-order chi connectivity index (χ0) is 15.8. The zero-order valence-electron chi connectivity index (χ0n) is 12.6. The molecule has 0 bridgehead atoms. The summed E-state index contributed by atoms with van der Waals surface area (Å²) in [6, 6.07) is 7.94. The maximum Gasteiger partial charge on any atom is 0.233 e. The van der Waals surface area contributed by atoms with E-state index in [1.807, 2.05) is 31.3 Å². The first-order valence-electron chi connectivity index (χ1n) is 6.88. The van der Waals surface area contributed by atoms with Crippen molar-refractivity contribution in [3.8, 4) is 0 Å². The minimum absolute atomic E-state index is 0.0882. The molecular formula is C15H21BrN2OS2. The van der Waals surface area contributed by atoms with Crippen molar-refractivity contribution < 1.29 is 4.79 Å². The number of carbonyl (C=O) groups excluding carboxylic acids is 1. The number of hydrogen-bond acceptors (Lipinski definition) is 3. The fraction of sp³-hybridized carbons (Fsp3) is 0.467. The van der Waals surface area contributed by atoms with Gasteiger partial charge in [0.25, 0.3) is 0 Å².